The van der Waals surface area contributed by atoms with Gasteiger partial charge in [-0.1, -0.05) is 30.3 Å². The molecule has 0 spiro atoms. The fourth-order valence-electron chi connectivity index (χ4n) is 1.97. The molecular formula is C16H20N2O. The predicted octanol–water partition coefficient (Wildman–Crippen LogP) is 3.32. The van der Waals surface area contributed by atoms with Gasteiger partial charge in [-0.05, 0) is 25.0 Å². The zero-order valence-corrected chi connectivity index (χ0v) is 11.2. The van der Waals surface area contributed by atoms with E-state index in [4.69, 9.17) is 10.5 Å². The highest BCUT2D eigenvalue weighted by Gasteiger charge is 1.99. The van der Waals surface area contributed by atoms with Crippen LogP contribution >= 0.6 is 0 Å². The van der Waals surface area contributed by atoms with Crippen molar-refractivity contribution in [3.63, 3.8) is 0 Å². The summed E-state index contributed by atoms with van der Waals surface area (Å²) in [5.41, 5.74) is 8.89. The normalized spacial score (nSPS) is 10.2. The van der Waals surface area contributed by atoms with Gasteiger partial charge in [-0.2, -0.15) is 0 Å². The molecule has 0 atom stereocenters. The van der Waals surface area contributed by atoms with E-state index < -0.39 is 0 Å². The number of hydrogen-bond donors (Lipinski definition) is 2. The van der Waals surface area contributed by atoms with E-state index in [2.05, 4.69) is 29.6 Å². The third kappa shape index (κ3) is 4.21. The first-order valence-electron chi connectivity index (χ1n) is 6.59. The van der Waals surface area contributed by atoms with E-state index in [1.807, 2.05) is 31.2 Å². The Morgan fingerprint density at radius 1 is 1.11 bits per heavy atom. The zero-order valence-electron chi connectivity index (χ0n) is 11.2. The first-order valence-corrected chi connectivity index (χ1v) is 6.59. The Hall–Kier alpha value is -2.16. The molecule has 2 rings (SSSR count). The van der Waals surface area contributed by atoms with Gasteiger partial charge in [0.15, 0.2) is 0 Å². The maximum atomic E-state index is 5.85. The van der Waals surface area contributed by atoms with Crippen molar-refractivity contribution in [1.82, 2.24) is 0 Å². The smallest absolute Gasteiger partial charge is 0.123 e. The van der Waals surface area contributed by atoms with E-state index in [1.54, 1.807) is 0 Å². The van der Waals surface area contributed by atoms with Crippen LogP contribution in [0.2, 0.25) is 0 Å². The minimum Gasteiger partial charge on any atom is -0.494 e. The van der Waals surface area contributed by atoms with Crippen LogP contribution in [-0.2, 0) is 6.42 Å². The van der Waals surface area contributed by atoms with Crippen LogP contribution in [0.4, 0.5) is 11.4 Å². The number of benzene rings is 2. The molecular weight excluding hydrogens is 236 g/mol. The summed E-state index contributed by atoms with van der Waals surface area (Å²) in [6, 6.07) is 16.2. The maximum absolute atomic E-state index is 5.85. The Labute approximate surface area is 114 Å². The van der Waals surface area contributed by atoms with E-state index >= 15 is 0 Å². The highest BCUT2D eigenvalue weighted by Crippen LogP contribution is 2.22. The summed E-state index contributed by atoms with van der Waals surface area (Å²) in [5.74, 6) is 0.810. The van der Waals surface area contributed by atoms with E-state index in [0.717, 1.165) is 24.4 Å². The molecule has 0 heterocycles. The van der Waals surface area contributed by atoms with Crippen LogP contribution in [0.5, 0.6) is 5.75 Å². The number of hydrogen-bond acceptors (Lipinski definition) is 3. The van der Waals surface area contributed by atoms with Gasteiger partial charge in [0, 0.05) is 30.1 Å². The molecule has 0 amide bonds. The summed E-state index contributed by atoms with van der Waals surface area (Å²) in [6.07, 6.45) is 0.986. The third-order valence-electron chi connectivity index (χ3n) is 2.83. The average molecular weight is 256 g/mol. The standard InChI is InChI=1S/C16H20N2O/c1-2-19-16-11-14(17)10-15(12-16)18-9-8-13-6-4-3-5-7-13/h3-7,10-12,18H,2,8-9,17H2,1H3. The SMILES string of the molecule is CCOc1cc(N)cc(NCCc2ccccc2)c1. The van der Waals surface area contributed by atoms with Crippen molar-refractivity contribution in [2.45, 2.75) is 13.3 Å². The van der Waals surface area contributed by atoms with Crippen LogP contribution in [-0.4, -0.2) is 13.2 Å². The fraction of sp³-hybridized carbons (Fsp3) is 0.250. The molecule has 3 N–H and O–H groups in total. The lowest BCUT2D eigenvalue weighted by molar-refractivity contribution is 0.340. The summed E-state index contributed by atoms with van der Waals surface area (Å²) < 4.78 is 5.47. The van der Waals surface area contributed by atoms with Gasteiger partial charge in [0.05, 0.1) is 6.61 Å². The maximum Gasteiger partial charge on any atom is 0.123 e. The van der Waals surface area contributed by atoms with Crippen molar-refractivity contribution in [1.29, 1.82) is 0 Å². The number of nitrogen functional groups attached to an aromatic ring is 1. The van der Waals surface area contributed by atoms with Gasteiger partial charge < -0.3 is 15.8 Å². The van der Waals surface area contributed by atoms with Crippen LogP contribution < -0.4 is 15.8 Å². The molecule has 3 nitrogen and oxygen atoms in total. The quantitative estimate of drug-likeness (QED) is 0.779. The summed E-state index contributed by atoms with van der Waals surface area (Å²) in [6.45, 7) is 3.48. The van der Waals surface area contributed by atoms with E-state index in [1.165, 1.54) is 5.56 Å². The Bertz CT molecular complexity index is 511. The molecule has 19 heavy (non-hydrogen) atoms. The molecule has 0 aliphatic heterocycles. The minimum absolute atomic E-state index is 0.646. The Kier molecular flexibility index (Phi) is 4.67. The predicted molar refractivity (Wildman–Crippen MR) is 80.7 cm³/mol. The second kappa shape index (κ2) is 6.69. The van der Waals surface area contributed by atoms with Crippen LogP contribution in [0, 0.1) is 0 Å². The van der Waals surface area contributed by atoms with Crippen molar-refractivity contribution in [2.24, 2.45) is 0 Å². The van der Waals surface area contributed by atoms with Gasteiger partial charge in [-0.3, -0.25) is 0 Å². The summed E-state index contributed by atoms with van der Waals surface area (Å²) in [4.78, 5) is 0. The second-order valence-electron chi connectivity index (χ2n) is 4.39. The molecule has 2 aromatic carbocycles. The van der Waals surface area contributed by atoms with Crippen molar-refractivity contribution >= 4 is 11.4 Å². The van der Waals surface area contributed by atoms with Crippen LogP contribution in [0.25, 0.3) is 0 Å². The topological polar surface area (TPSA) is 47.3 Å². The Morgan fingerprint density at radius 2 is 1.89 bits per heavy atom. The minimum atomic E-state index is 0.646. The molecule has 0 aliphatic carbocycles. The lowest BCUT2D eigenvalue weighted by Crippen LogP contribution is -2.05. The molecule has 0 unspecified atom stereocenters. The van der Waals surface area contributed by atoms with E-state index in [9.17, 15) is 0 Å². The van der Waals surface area contributed by atoms with Crippen LogP contribution in [0.15, 0.2) is 48.5 Å². The number of rotatable bonds is 6. The molecule has 0 fully saturated rings. The second-order valence-corrected chi connectivity index (χ2v) is 4.39. The third-order valence-corrected chi connectivity index (χ3v) is 2.83. The van der Waals surface area contributed by atoms with Crippen LogP contribution in [0.1, 0.15) is 12.5 Å². The number of nitrogens with one attached hydrogen (secondary N) is 1. The van der Waals surface area contributed by atoms with Crippen molar-refractivity contribution in [3.05, 3.63) is 54.1 Å². The molecule has 2 aromatic rings. The molecule has 0 saturated carbocycles. The molecule has 100 valence electrons. The molecule has 0 saturated heterocycles. The van der Waals surface area contributed by atoms with Gasteiger partial charge in [0.1, 0.15) is 5.75 Å². The Morgan fingerprint density at radius 3 is 2.63 bits per heavy atom. The zero-order chi connectivity index (χ0) is 13.5. The van der Waals surface area contributed by atoms with Crippen molar-refractivity contribution in [2.75, 3.05) is 24.2 Å². The number of ether oxygens (including phenoxy) is 1. The lowest BCUT2D eigenvalue weighted by Gasteiger charge is -2.10. The van der Waals surface area contributed by atoms with Crippen molar-refractivity contribution < 1.29 is 4.74 Å². The van der Waals surface area contributed by atoms with E-state index in [-0.39, 0.29) is 0 Å². The Balaban J connectivity index is 1.92. The van der Waals surface area contributed by atoms with Gasteiger partial charge in [0.2, 0.25) is 0 Å². The van der Waals surface area contributed by atoms with Gasteiger partial charge in [0.25, 0.3) is 0 Å². The first kappa shape index (κ1) is 13.3. The van der Waals surface area contributed by atoms with Gasteiger partial charge in [-0.15, -0.1) is 0 Å². The summed E-state index contributed by atoms with van der Waals surface area (Å²) in [5, 5.41) is 3.37. The lowest BCUT2D eigenvalue weighted by atomic mass is 10.1. The largest absolute Gasteiger partial charge is 0.494 e. The highest BCUT2D eigenvalue weighted by atomic mass is 16.5. The van der Waals surface area contributed by atoms with Gasteiger partial charge in [-0.25, -0.2) is 0 Å². The molecule has 0 radical (unpaired) electrons. The monoisotopic (exact) mass is 256 g/mol. The molecule has 0 aliphatic rings. The van der Waals surface area contributed by atoms with Crippen molar-refractivity contribution in [3.8, 4) is 5.75 Å². The number of anilines is 2. The number of nitrogens with two attached hydrogens (primary N) is 1. The summed E-state index contributed by atoms with van der Waals surface area (Å²) in [7, 11) is 0. The molecule has 3 heteroatoms. The molecule has 0 aromatic heterocycles. The van der Waals surface area contributed by atoms with Crippen LogP contribution in [0.3, 0.4) is 0 Å². The average Bonchev–Trinajstić information content (AvgIpc) is 2.40. The summed E-state index contributed by atoms with van der Waals surface area (Å²) >= 11 is 0. The van der Waals surface area contributed by atoms with Gasteiger partial charge >= 0.3 is 0 Å². The highest BCUT2D eigenvalue weighted by molar-refractivity contribution is 5.59. The fourth-order valence-corrected chi connectivity index (χ4v) is 1.97. The molecule has 0 bridgehead atoms. The first-order chi connectivity index (χ1) is 9.28. The van der Waals surface area contributed by atoms with E-state index in [0.29, 0.717) is 12.3 Å².